The minimum Gasteiger partial charge on any atom is -0.338 e. The Morgan fingerprint density at radius 1 is 1.08 bits per heavy atom. The van der Waals surface area contributed by atoms with E-state index >= 15 is 0 Å². The van der Waals surface area contributed by atoms with Gasteiger partial charge < -0.3 is 9.80 Å². The molecule has 0 radical (unpaired) electrons. The molecule has 1 atom stereocenters. The third kappa shape index (κ3) is 3.50. The van der Waals surface area contributed by atoms with Gasteiger partial charge in [0, 0.05) is 26.2 Å². The molecule has 1 aromatic rings. The van der Waals surface area contributed by atoms with Crippen LogP contribution < -0.4 is 0 Å². The van der Waals surface area contributed by atoms with Crippen LogP contribution in [-0.4, -0.2) is 83.2 Å². The zero-order valence-corrected chi connectivity index (χ0v) is 16.1. The third-order valence-electron chi connectivity index (χ3n) is 5.15. The zero-order chi connectivity index (χ0) is 18.7. The van der Waals surface area contributed by atoms with Crippen molar-refractivity contribution in [3.63, 3.8) is 0 Å². The van der Waals surface area contributed by atoms with E-state index < -0.39 is 6.04 Å². The van der Waals surface area contributed by atoms with Gasteiger partial charge in [-0.1, -0.05) is 19.1 Å². The first-order valence-electron chi connectivity index (χ1n) is 9.05. The van der Waals surface area contributed by atoms with Gasteiger partial charge >= 0.3 is 0 Å². The molecule has 1 fully saturated rings. The molecule has 140 valence electrons. The van der Waals surface area contributed by atoms with Crippen LogP contribution in [0.3, 0.4) is 0 Å². The van der Waals surface area contributed by atoms with Crippen molar-refractivity contribution in [2.45, 2.75) is 19.4 Å². The Morgan fingerprint density at radius 3 is 2.15 bits per heavy atom. The molecule has 7 heteroatoms. The number of piperazine rings is 1. The van der Waals surface area contributed by atoms with Crippen molar-refractivity contribution in [2.24, 2.45) is 0 Å². The van der Waals surface area contributed by atoms with Crippen molar-refractivity contribution >= 4 is 29.5 Å². The van der Waals surface area contributed by atoms with E-state index in [2.05, 4.69) is 11.8 Å². The highest BCUT2D eigenvalue weighted by molar-refractivity contribution is 7.98. The number of likely N-dealkylation sites (N-methyl/N-ethyl adjacent to an activating group) is 1. The average Bonchev–Trinajstić information content (AvgIpc) is 2.93. The van der Waals surface area contributed by atoms with Crippen LogP contribution in [0.4, 0.5) is 0 Å². The van der Waals surface area contributed by atoms with Gasteiger partial charge in [-0.15, -0.1) is 0 Å². The van der Waals surface area contributed by atoms with Crippen molar-refractivity contribution in [3.8, 4) is 0 Å². The van der Waals surface area contributed by atoms with Crippen molar-refractivity contribution in [1.29, 1.82) is 0 Å². The number of thioether (sulfide) groups is 1. The van der Waals surface area contributed by atoms with Crippen LogP contribution in [0.5, 0.6) is 0 Å². The van der Waals surface area contributed by atoms with Gasteiger partial charge in [0.15, 0.2) is 0 Å². The van der Waals surface area contributed by atoms with Crippen LogP contribution in [0.15, 0.2) is 24.3 Å². The average molecular weight is 375 g/mol. The smallest absolute Gasteiger partial charge is 0.262 e. The summed E-state index contributed by atoms with van der Waals surface area (Å²) in [6, 6.07) is 6.09. The second kappa shape index (κ2) is 8.22. The number of nitrogens with zero attached hydrogens (tertiary/aromatic N) is 3. The molecule has 2 aliphatic rings. The van der Waals surface area contributed by atoms with Crippen LogP contribution in [-0.2, 0) is 4.79 Å². The molecule has 6 nitrogen and oxygen atoms in total. The minimum absolute atomic E-state index is 0.107. The number of carbonyl (C=O) groups excluding carboxylic acids is 3. The molecule has 1 unspecified atom stereocenters. The molecule has 0 N–H and O–H groups in total. The quantitative estimate of drug-likeness (QED) is 0.707. The normalized spacial score (nSPS) is 19.0. The largest absolute Gasteiger partial charge is 0.338 e. The summed E-state index contributed by atoms with van der Waals surface area (Å²) in [6.07, 6.45) is 2.45. The Balaban J connectivity index is 1.82. The highest BCUT2D eigenvalue weighted by atomic mass is 32.2. The number of fused-ring (bicyclic) bond motifs is 1. The zero-order valence-electron chi connectivity index (χ0n) is 15.3. The van der Waals surface area contributed by atoms with Crippen molar-refractivity contribution in [1.82, 2.24) is 14.7 Å². The number of carbonyl (C=O) groups is 3. The molecular formula is C19H25N3O3S. The number of hydrogen-bond donors (Lipinski definition) is 0. The van der Waals surface area contributed by atoms with E-state index in [1.54, 1.807) is 40.9 Å². The summed E-state index contributed by atoms with van der Waals surface area (Å²) in [5.74, 6) is -0.0857. The maximum atomic E-state index is 13.2. The fourth-order valence-electron chi connectivity index (χ4n) is 3.58. The van der Waals surface area contributed by atoms with E-state index in [0.717, 1.165) is 25.4 Å². The first-order valence-corrected chi connectivity index (χ1v) is 10.4. The van der Waals surface area contributed by atoms with Gasteiger partial charge in [-0.25, -0.2) is 0 Å². The van der Waals surface area contributed by atoms with Gasteiger partial charge in [-0.05, 0) is 37.1 Å². The Kier molecular flexibility index (Phi) is 5.98. The maximum absolute atomic E-state index is 13.2. The Labute approximate surface area is 158 Å². The molecular weight excluding hydrogens is 350 g/mol. The molecule has 0 saturated carbocycles. The molecule has 0 aliphatic carbocycles. The summed E-state index contributed by atoms with van der Waals surface area (Å²) in [5.41, 5.74) is 0.797. The van der Waals surface area contributed by atoms with Crippen LogP contribution in [0.1, 0.15) is 34.1 Å². The van der Waals surface area contributed by atoms with E-state index in [-0.39, 0.29) is 17.7 Å². The van der Waals surface area contributed by atoms with Crippen molar-refractivity contribution in [3.05, 3.63) is 35.4 Å². The van der Waals surface area contributed by atoms with Gasteiger partial charge in [0.2, 0.25) is 5.91 Å². The predicted octanol–water partition coefficient (Wildman–Crippen LogP) is 1.57. The van der Waals surface area contributed by atoms with E-state index in [1.807, 2.05) is 6.26 Å². The summed E-state index contributed by atoms with van der Waals surface area (Å²) in [6.45, 7) is 6.03. The highest BCUT2D eigenvalue weighted by Gasteiger charge is 2.43. The fraction of sp³-hybridized carbons (Fsp3) is 0.526. The SMILES string of the molecule is CCN1CCN(C(=O)C(CCSC)N2C(=O)c3ccccc3C2=O)CC1. The first kappa shape index (κ1) is 18.9. The Hall–Kier alpha value is -1.86. The van der Waals surface area contributed by atoms with Gasteiger partial charge in [0.05, 0.1) is 11.1 Å². The predicted molar refractivity (Wildman–Crippen MR) is 102 cm³/mol. The van der Waals surface area contributed by atoms with Crippen LogP contribution in [0.2, 0.25) is 0 Å². The maximum Gasteiger partial charge on any atom is 0.262 e. The lowest BCUT2D eigenvalue weighted by Crippen LogP contribution is -2.56. The molecule has 1 aromatic carbocycles. The molecule has 0 aromatic heterocycles. The molecule has 0 spiro atoms. The summed E-state index contributed by atoms with van der Waals surface area (Å²) in [5, 5.41) is 0. The number of imide groups is 1. The van der Waals surface area contributed by atoms with Gasteiger partial charge in [-0.3, -0.25) is 19.3 Å². The molecule has 3 amide bonds. The molecule has 1 saturated heterocycles. The second-order valence-electron chi connectivity index (χ2n) is 6.58. The van der Waals surface area contributed by atoms with E-state index in [0.29, 0.717) is 30.6 Å². The van der Waals surface area contributed by atoms with E-state index in [9.17, 15) is 14.4 Å². The third-order valence-corrected chi connectivity index (χ3v) is 5.79. The van der Waals surface area contributed by atoms with Crippen molar-refractivity contribution in [2.75, 3.05) is 44.7 Å². The highest BCUT2D eigenvalue weighted by Crippen LogP contribution is 2.27. The summed E-state index contributed by atoms with van der Waals surface area (Å²) in [7, 11) is 0. The molecule has 0 bridgehead atoms. The Morgan fingerprint density at radius 2 is 1.65 bits per heavy atom. The lowest BCUT2D eigenvalue weighted by atomic mass is 10.1. The summed E-state index contributed by atoms with van der Waals surface area (Å²) < 4.78 is 0. The number of benzene rings is 1. The van der Waals surface area contributed by atoms with E-state index in [1.165, 1.54) is 4.90 Å². The Bertz CT molecular complexity index is 666. The summed E-state index contributed by atoms with van der Waals surface area (Å²) >= 11 is 1.61. The van der Waals surface area contributed by atoms with Gasteiger partial charge in [-0.2, -0.15) is 11.8 Å². The van der Waals surface area contributed by atoms with Gasteiger partial charge in [0.25, 0.3) is 11.8 Å². The monoisotopic (exact) mass is 375 g/mol. The standard InChI is InChI=1S/C19H25N3O3S/c1-3-20-9-11-21(12-10-20)19(25)16(8-13-26-2)22-17(23)14-6-4-5-7-15(14)18(22)24/h4-7,16H,3,8-13H2,1-2H3. The lowest BCUT2D eigenvalue weighted by Gasteiger charge is -2.37. The minimum atomic E-state index is -0.719. The van der Waals surface area contributed by atoms with Crippen LogP contribution >= 0.6 is 11.8 Å². The molecule has 2 heterocycles. The second-order valence-corrected chi connectivity index (χ2v) is 7.57. The lowest BCUT2D eigenvalue weighted by molar-refractivity contribution is -0.137. The fourth-order valence-corrected chi connectivity index (χ4v) is 4.04. The molecule has 26 heavy (non-hydrogen) atoms. The van der Waals surface area contributed by atoms with Crippen LogP contribution in [0, 0.1) is 0 Å². The van der Waals surface area contributed by atoms with Crippen LogP contribution in [0.25, 0.3) is 0 Å². The number of hydrogen-bond acceptors (Lipinski definition) is 5. The number of rotatable bonds is 6. The van der Waals surface area contributed by atoms with Gasteiger partial charge in [0.1, 0.15) is 6.04 Å². The molecule has 2 aliphatic heterocycles. The van der Waals surface area contributed by atoms with Crippen molar-refractivity contribution < 1.29 is 14.4 Å². The topological polar surface area (TPSA) is 60.9 Å². The molecule has 3 rings (SSSR count). The van der Waals surface area contributed by atoms with E-state index in [4.69, 9.17) is 0 Å². The summed E-state index contributed by atoms with van der Waals surface area (Å²) in [4.78, 5) is 44.1. The number of amides is 3. The first-order chi connectivity index (χ1) is 12.6.